The first-order chi connectivity index (χ1) is 28.3. The number of rotatable bonds is 4. The molecule has 12 rings (SSSR count). The fourth-order valence-corrected chi connectivity index (χ4v) is 9.53. The van der Waals surface area contributed by atoms with E-state index in [0.29, 0.717) is 0 Å². The van der Waals surface area contributed by atoms with Crippen LogP contribution in [0.5, 0.6) is 0 Å². The maximum Gasteiger partial charge on any atom is 0.136 e. The summed E-state index contributed by atoms with van der Waals surface area (Å²) in [6, 6.07) is 75.4. The Labute approximate surface area is 329 Å². The Morgan fingerprint density at radius 3 is 1.53 bits per heavy atom. The van der Waals surface area contributed by atoms with E-state index in [9.17, 15) is 0 Å². The van der Waals surface area contributed by atoms with Gasteiger partial charge in [0.25, 0.3) is 0 Å². The van der Waals surface area contributed by atoms with E-state index in [4.69, 9.17) is 4.42 Å². The summed E-state index contributed by atoms with van der Waals surface area (Å²) < 4.78 is 6.71. The first-order valence-corrected chi connectivity index (χ1v) is 19.7. The predicted octanol–water partition coefficient (Wildman–Crippen LogP) is 16.0. The van der Waals surface area contributed by atoms with Crippen LogP contribution >= 0.6 is 0 Å². The minimum Gasteiger partial charge on any atom is -0.456 e. The van der Waals surface area contributed by atoms with E-state index >= 15 is 0 Å². The van der Waals surface area contributed by atoms with Crippen molar-refractivity contribution in [2.45, 2.75) is 0 Å². The van der Waals surface area contributed by atoms with Gasteiger partial charge in [0.1, 0.15) is 11.2 Å². The zero-order valence-electron chi connectivity index (χ0n) is 31.0. The SMILES string of the molecule is c1ccc(-c2cc3ccccc3c3ccccc23)c(-c2c3ccccc3c(-c3cc(-c4ccc5ccccc5c4)c4c(c3)oc3ccccc34)c3ccccc23)c1. The molecule has 0 saturated carbocycles. The van der Waals surface area contributed by atoms with Crippen LogP contribution < -0.4 is 0 Å². The standard InChI is InChI=1S/C56H34O/c1-2-16-36-31-38(30-29-35(36)15-1)50-33-39(34-53-56(50)49-27-13-14-28-52(49)57-53)54-45-23-9-11-25-47(45)55(48-26-12-10-24-46(48)54)44-22-8-7-21-43(44)51-32-37-17-3-4-18-40(37)41-19-5-6-20-42(41)51/h1-34H. The van der Waals surface area contributed by atoms with Gasteiger partial charge in [-0.15, -0.1) is 0 Å². The van der Waals surface area contributed by atoms with E-state index in [0.717, 1.165) is 27.5 Å². The van der Waals surface area contributed by atoms with Crippen LogP contribution in [-0.4, -0.2) is 0 Å². The fourth-order valence-electron chi connectivity index (χ4n) is 9.53. The van der Waals surface area contributed by atoms with Crippen LogP contribution in [0.3, 0.4) is 0 Å². The van der Waals surface area contributed by atoms with Gasteiger partial charge < -0.3 is 4.42 Å². The van der Waals surface area contributed by atoms with E-state index < -0.39 is 0 Å². The second-order valence-corrected chi connectivity index (χ2v) is 15.1. The molecule has 0 saturated heterocycles. The van der Waals surface area contributed by atoms with Crippen molar-refractivity contribution in [3.8, 4) is 44.5 Å². The highest BCUT2D eigenvalue weighted by atomic mass is 16.3. The molecule has 0 amide bonds. The summed E-state index contributed by atoms with van der Waals surface area (Å²) in [5.74, 6) is 0. The molecular weight excluding hydrogens is 689 g/mol. The Bertz CT molecular complexity index is 3530. The number of fused-ring (bicyclic) bond motifs is 9. The van der Waals surface area contributed by atoms with E-state index in [1.54, 1.807) is 0 Å². The molecule has 0 aliphatic rings. The molecule has 0 unspecified atom stereocenters. The summed E-state index contributed by atoms with van der Waals surface area (Å²) in [5, 5.41) is 14.7. The lowest BCUT2D eigenvalue weighted by atomic mass is 9.82. The third kappa shape index (κ3) is 4.89. The van der Waals surface area contributed by atoms with Gasteiger partial charge in [0, 0.05) is 10.8 Å². The number of furan rings is 1. The summed E-state index contributed by atoms with van der Waals surface area (Å²) in [7, 11) is 0. The Morgan fingerprint density at radius 1 is 0.246 bits per heavy atom. The van der Waals surface area contributed by atoms with E-state index in [1.807, 2.05) is 0 Å². The van der Waals surface area contributed by atoms with Crippen LogP contribution in [0, 0.1) is 0 Å². The molecule has 0 bridgehead atoms. The molecule has 0 N–H and O–H groups in total. The normalized spacial score (nSPS) is 11.9. The van der Waals surface area contributed by atoms with Gasteiger partial charge in [-0.3, -0.25) is 0 Å². The van der Waals surface area contributed by atoms with E-state index in [2.05, 4.69) is 206 Å². The van der Waals surface area contributed by atoms with Crippen LogP contribution in [0.4, 0.5) is 0 Å². The topological polar surface area (TPSA) is 13.1 Å². The van der Waals surface area contributed by atoms with Crippen molar-refractivity contribution < 1.29 is 4.42 Å². The summed E-state index contributed by atoms with van der Waals surface area (Å²) in [6.07, 6.45) is 0. The van der Waals surface area contributed by atoms with Gasteiger partial charge in [-0.1, -0.05) is 176 Å². The Balaban J connectivity index is 1.17. The average molecular weight is 723 g/mol. The largest absolute Gasteiger partial charge is 0.456 e. The van der Waals surface area contributed by atoms with Gasteiger partial charge in [0.05, 0.1) is 0 Å². The van der Waals surface area contributed by atoms with Crippen molar-refractivity contribution in [1.82, 2.24) is 0 Å². The predicted molar refractivity (Wildman–Crippen MR) is 243 cm³/mol. The molecular formula is C56H34O. The molecule has 0 aliphatic heterocycles. The second-order valence-electron chi connectivity index (χ2n) is 15.1. The quantitative estimate of drug-likeness (QED) is 0.130. The first-order valence-electron chi connectivity index (χ1n) is 19.7. The summed E-state index contributed by atoms with van der Waals surface area (Å²) in [5.41, 5.74) is 11.4. The van der Waals surface area contributed by atoms with Gasteiger partial charge in [0.15, 0.2) is 0 Å². The van der Waals surface area contributed by atoms with Crippen molar-refractivity contribution in [2.75, 3.05) is 0 Å². The molecule has 1 nitrogen and oxygen atoms in total. The number of hydrogen-bond donors (Lipinski definition) is 0. The van der Waals surface area contributed by atoms with Crippen molar-refractivity contribution >= 4 is 75.8 Å². The van der Waals surface area contributed by atoms with Crippen LogP contribution in [-0.2, 0) is 0 Å². The van der Waals surface area contributed by atoms with Gasteiger partial charge in [-0.05, 0) is 129 Å². The molecule has 11 aromatic carbocycles. The highest BCUT2D eigenvalue weighted by Gasteiger charge is 2.22. The summed E-state index contributed by atoms with van der Waals surface area (Å²) in [6.45, 7) is 0. The van der Waals surface area contributed by atoms with Gasteiger partial charge in [-0.25, -0.2) is 0 Å². The van der Waals surface area contributed by atoms with E-state index in [-0.39, 0.29) is 0 Å². The molecule has 0 atom stereocenters. The minimum absolute atomic E-state index is 0.891. The number of hydrogen-bond acceptors (Lipinski definition) is 1. The molecule has 0 spiro atoms. The van der Waals surface area contributed by atoms with Crippen molar-refractivity contribution in [1.29, 1.82) is 0 Å². The van der Waals surface area contributed by atoms with Crippen LogP contribution in [0.25, 0.3) is 120 Å². The maximum absolute atomic E-state index is 6.71. The molecule has 1 aromatic heterocycles. The molecule has 264 valence electrons. The molecule has 12 aromatic rings. The lowest BCUT2D eigenvalue weighted by Crippen LogP contribution is -1.94. The molecule has 1 heteroatoms. The Morgan fingerprint density at radius 2 is 0.789 bits per heavy atom. The summed E-state index contributed by atoms with van der Waals surface area (Å²) >= 11 is 0. The van der Waals surface area contributed by atoms with Gasteiger partial charge in [-0.2, -0.15) is 0 Å². The highest BCUT2D eigenvalue weighted by molar-refractivity contribution is 6.25. The summed E-state index contributed by atoms with van der Waals surface area (Å²) in [4.78, 5) is 0. The van der Waals surface area contributed by atoms with Gasteiger partial charge in [0.2, 0.25) is 0 Å². The average Bonchev–Trinajstić information content (AvgIpc) is 3.66. The molecule has 0 aliphatic carbocycles. The Kier molecular flexibility index (Phi) is 7.00. The van der Waals surface area contributed by atoms with Crippen LogP contribution in [0.2, 0.25) is 0 Å². The smallest absolute Gasteiger partial charge is 0.136 e. The molecule has 0 fully saturated rings. The zero-order chi connectivity index (χ0) is 37.5. The highest BCUT2D eigenvalue weighted by Crippen LogP contribution is 2.49. The fraction of sp³-hybridized carbons (Fsp3) is 0. The van der Waals surface area contributed by atoms with E-state index in [1.165, 1.54) is 92.8 Å². The Hall–Kier alpha value is -7.48. The maximum atomic E-state index is 6.71. The third-order valence-electron chi connectivity index (χ3n) is 12.0. The monoisotopic (exact) mass is 722 g/mol. The zero-order valence-corrected chi connectivity index (χ0v) is 31.0. The lowest BCUT2D eigenvalue weighted by Gasteiger charge is -2.21. The van der Waals surface area contributed by atoms with Gasteiger partial charge >= 0.3 is 0 Å². The first kappa shape index (κ1) is 31.8. The minimum atomic E-state index is 0.891. The van der Waals surface area contributed by atoms with Crippen molar-refractivity contribution in [2.24, 2.45) is 0 Å². The van der Waals surface area contributed by atoms with Crippen molar-refractivity contribution in [3.05, 3.63) is 206 Å². The lowest BCUT2D eigenvalue weighted by molar-refractivity contribution is 0.669. The second kappa shape index (κ2) is 12.5. The molecule has 57 heavy (non-hydrogen) atoms. The van der Waals surface area contributed by atoms with Crippen LogP contribution in [0.1, 0.15) is 0 Å². The molecule has 1 heterocycles. The third-order valence-corrected chi connectivity index (χ3v) is 12.0. The number of para-hydroxylation sites is 1. The molecule has 0 radical (unpaired) electrons. The van der Waals surface area contributed by atoms with Crippen LogP contribution in [0.15, 0.2) is 211 Å². The number of benzene rings is 11. The van der Waals surface area contributed by atoms with Crippen molar-refractivity contribution in [3.63, 3.8) is 0 Å².